The predicted octanol–water partition coefficient (Wildman–Crippen LogP) is 18.2. The van der Waals surface area contributed by atoms with Crippen molar-refractivity contribution in [3.63, 3.8) is 0 Å². The smallest absolute Gasteiger partial charge is 0.410 e. The number of aromatic amines is 1. The number of aromatic nitrogens is 14. The molecule has 6 N–H and O–H groups in total. The lowest BCUT2D eigenvalue weighted by Gasteiger charge is -2.36. The summed E-state index contributed by atoms with van der Waals surface area (Å²) in [4.78, 5) is 92.1. The number of hydrogen-bond acceptors (Lipinski definition) is 23. The van der Waals surface area contributed by atoms with Gasteiger partial charge in [0.05, 0.1) is 29.0 Å². The fourth-order valence-corrected chi connectivity index (χ4v) is 18.5. The summed E-state index contributed by atoms with van der Waals surface area (Å²) < 4.78 is 18.0. The zero-order valence-electron chi connectivity index (χ0n) is 73.2. The molecule has 7 fully saturated rings. The van der Waals surface area contributed by atoms with Gasteiger partial charge in [0.15, 0.2) is 0 Å². The van der Waals surface area contributed by atoms with Gasteiger partial charge < -0.3 is 74.3 Å². The fraction of sp³-hybridized carbons (Fsp3) is 0.479. The van der Waals surface area contributed by atoms with E-state index < -0.39 is 16.6 Å². The number of aryl methyl sites for hydroxylation is 1. The van der Waals surface area contributed by atoms with Gasteiger partial charge >= 0.3 is 12.2 Å². The molecule has 12 aromatic rings. The molecule has 0 atom stereocenters. The molecule has 13 heterocycles. The topological polar surface area (TPSA) is 309 Å². The highest BCUT2D eigenvalue weighted by Crippen LogP contribution is 2.45. The molecule has 0 bridgehead atoms. The molecular formula is C94H119N25O5. The molecule has 9 aromatic heterocycles. The summed E-state index contributed by atoms with van der Waals surface area (Å²) in [6.07, 6.45) is 38.2. The fourth-order valence-electron chi connectivity index (χ4n) is 18.5. The van der Waals surface area contributed by atoms with Gasteiger partial charge in [0.25, 0.3) is 0 Å². The van der Waals surface area contributed by atoms with Crippen molar-refractivity contribution in [2.75, 3.05) is 119 Å². The maximum atomic E-state index is 13.2. The van der Waals surface area contributed by atoms with Crippen molar-refractivity contribution in [1.82, 2.24) is 83.9 Å². The Morgan fingerprint density at radius 2 is 0.895 bits per heavy atom. The molecule has 30 heteroatoms. The summed E-state index contributed by atoms with van der Waals surface area (Å²) >= 11 is 0. The van der Waals surface area contributed by atoms with E-state index in [2.05, 4.69) is 182 Å². The number of H-pyrrole nitrogens is 1. The van der Waals surface area contributed by atoms with Crippen LogP contribution in [0.25, 0.3) is 44.0 Å². The summed E-state index contributed by atoms with van der Waals surface area (Å²) in [6, 6.07) is 33.0. The number of amides is 3. The van der Waals surface area contributed by atoms with Crippen LogP contribution in [-0.4, -0.2) is 192 Å². The zero-order chi connectivity index (χ0) is 85.6. The lowest BCUT2D eigenvalue weighted by molar-refractivity contribution is -0.122. The van der Waals surface area contributed by atoms with Crippen molar-refractivity contribution in [2.24, 2.45) is 0 Å². The van der Waals surface area contributed by atoms with E-state index in [1.54, 1.807) is 16.0 Å². The second-order valence-electron chi connectivity index (χ2n) is 36.7. The minimum Gasteiger partial charge on any atom is -0.444 e. The third-order valence-electron chi connectivity index (χ3n) is 25.2. The first kappa shape index (κ1) is 84.0. The molecule has 3 amide bonds. The van der Waals surface area contributed by atoms with Crippen molar-refractivity contribution in [3.05, 3.63) is 158 Å². The Morgan fingerprint density at radius 3 is 1.42 bits per heavy atom. The van der Waals surface area contributed by atoms with E-state index in [9.17, 15) is 14.4 Å². The van der Waals surface area contributed by atoms with Gasteiger partial charge in [0.1, 0.15) is 39.8 Å². The van der Waals surface area contributed by atoms with Crippen molar-refractivity contribution < 1.29 is 23.9 Å². The van der Waals surface area contributed by atoms with E-state index >= 15 is 0 Å². The third kappa shape index (κ3) is 19.6. The first-order valence-electron chi connectivity index (χ1n) is 44.8. The van der Waals surface area contributed by atoms with Crippen LogP contribution in [0.3, 0.4) is 0 Å². The predicted molar refractivity (Wildman–Crippen MR) is 491 cm³/mol. The number of carbonyl (C=O) groups excluding carboxylic acids is 3. The van der Waals surface area contributed by atoms with Crippen LogP contribution < -0.4 is 46.2 Å². The Kier molecular flexibility index (Phi) is 24.9. The minimum absolute atomic E-state index is 0.107. The summed E-state index contributed by atoms with van der Waals surface area (Å²) in [6.45, 7) is 27.1. The summed E-state index contributed by atoms with van der Waals surface area (Å²) in [7, 11) is 0. The molecule has 4 aliphatic heterocycles. The lowest BCUT2D eigenvalue weighted by atomic mass is 9.88. The van der Waals surface area contributed by atoms with Crippen molar-refractivity contribution in [3.8, 4) is 0 Å². The van der Waals surface area contributed by atoms with Gasteiger partial charge in [-0.2, -0.15) is 25.0 Å². The second-order valence-corrected chi connectivity index (χ2v) is 36.7. The zero-order valence-corrected chi connectivity index (χ0v) is 73.2. The number of carbonyl (C=O) groups is 3. The molecule has 124 heavy (non-hydrogen) atoms. The van der Waals surface area contributed by atoms with E-state index in [0.717, 1.165) is 149 Å². The van der Waals surface area contributed by atoms with Gasteiger partial charge in [0.2, 0.25) is 29.7 Å². The van der Waals surface area contributed by atoms with Gasteiger partial charge in [-0.15, -0.1) is 0 Å². The number of hydrogen-bond donors (Lipinski definition) is 6. The molecule has 30 nitrogen and oxygen atoms in total. The number of ether oxygens (including phenoxy) is 2. The molecule has 3 saturated heterocycles. The first-order valence-corrected chi connectivity index (χ1v) is 44.8. The minimum atomic E-state index is -0.621. The number of rotatable bonds is 15. The normalized spacial score (nSPS) is 18.0. The highest BCUT2D eigenvalue weighted by molar-refractivity contribution is 6.07. The van der Waals surface area contributed by atoms with E-state index in [0.29, 0.717) is 87.0 Å². The number of anilines is 12. The Morgan fingerprint density at radius 1 is 0.444 bits per heavy atom. The molecule has 20 rings (SSSR count). The molecule has 0 unspecified atom stereocenters. The van der Waals surface area contributed by atoms with Crippen molar-refractivity contribution >= 4 is 132 Å². The molecule has 4 aliphatic carbocycles. The van der Waals surface area contributed by atoms with Crippen LogP contribution in [0.1, 0.15) is 194 Å². The number of nitrogens with zero attached hydrogens (tertiary/aromatic N) is 19. The van der Waals surface area contributed by atoms with Gasteiger partial charge in [-0.25, -0.2) is 34.5 Å². The molecule has 4 saturated carbocycles. The Labute approximate surface area is 725 Å². The summed E-state index contributed by atoms with van der Waals surface area (Å²) in [5.74, 6) is 3.80. The molecule has 0 spiro atoms. The van der Waals surface area contributed by atoms with E-state index in [-0.39, 0.29) is 24.1 Å². The molecule has 3 aromatic carbocycles. The van der Waals surface area contributed by atoms with Crippen LogP contribution in [0.5, 0.6) is 0 Å². The standard InChI is InChI=1S/C27H37N7O3.C26H34N6O2.C21H26N6.C20H22N6/c1-26(2,3)37-25(36)33-14-12-32(13-15-33)19-10-11-21(28-16-19)30-24-29-17-20-22(31-24)34(18-8-6-7-9-18)23(35)27(20,4)5;1-26(2,3)34-25(33)31-16-14-30(15-17-31)21-10-8-20(9-11-21)28-24-27-18-19-12-13-32(23(19)29-24)22-6-4-5-7-22;1-2-4-19(3-1)27-12-9-16-15-23-21(25-20(16)27)24-17-5-7-18(8-6-17)26-13-10-22-11-14-26;1-13-12-26(16-5-3-2-4-6-16)19-17(13)11-21-20(24-19)23-15-7-8-18-14(9-15)10-22-25-18/h10-11,16-18H,6-9,12-15H2,1-5H3,(H,28,29,30,31);8-13,18,22H,4-7,14-17H2,1-3H3,(H,27,28,29);5-9,12,15,19,22H,1-4,10-11,13-14H2,(H,23,24,25);7-12,16H,2-6H2,1H3,(H,22,25)(H,21,23,24). The SMILES string of the molecule is CC(C)(C)OC(=O)N1CCN(c2ccc(Nc3ncc4c(n3)N(C3CCCC3)C(=O)C4(C)C)nc2)CC1.CC(C)(C)OC(=O)N1CCN(c2ccc(Nc3ncc4ccn(C5CCCC5)c4n3)cc2)CC1.Cc1cn(C2CCCCC2)c2nc(Nc3ccc4[nH]ncc4c3)ncc12.c1cc(N2CCNCC2)ccc1Nc1ncc2ccn(C3CCCC3)c2n1. The Bertz CT molecular complexity index is 5670. The average molecular weight is 1680 g/mol. The Hall–Kier alpha value is -12.2. The number of fused-ring (bicyclic) bond motifs is 5. The van der Waals surface area contributed by atoms with Crippen LogP contribution in [0.4, 0.5) is 79.1 Å². The summed E-state index contributed by atoms with van der Waals surface area (Å²) in [5, 5.41) is 28.1. The van der Waals surface area contributed by atoms with E-state index in [4.69, 9.17) is 29.4 Å². The van der Waals surface area contributed by atoms with Crippen molar-refractivity contribution in [2.45, 2.75) is 212 Å². The third-order valence-corrected chi connectivity index (χ3v) is 25.2. The quantitative estimate of drug-likeness (QED) is 0.0555. The van der Waals surface area contributed by atoms with E-state index in [1.165, 1.54) is 94.7 Å². The number of pyridine rings is 1. The Balaban J connectivity index is 0.000000118. The molecule has 650 valence electrons. The second kappa shape index (κ2) is 36.7. The lowest BCUT2D eigenvalue weighted by Crippen LogP contribution is -2.50. The molecule has 0 radical (unpaired) electrons. The number of nitrogens with one attached hydrogen (secondary N) is 6. The average Bonchev–Trinajstić information content (AvgIpc) is 1.58. The first-order chi connectivity index (χ1) is 60.0. The highest BCUT2D eigenvalue weighted by atomic mass is 16.6. The number of piperazine rings is 3. The van der Waals surface area contributed by atoms with Gasteiger partial charge in [-0.3, -0.25) is 14.8 Å². The largest absolute Gasteiger partial charge is 0.444 e. The van der Waals surface area contributed by atoms with Crippen LogP contribution in [0, 0.1) is 6.92 Å². The van der Waals surface area contributed by atoms with Gasteiger partial charge in [0, 0.05) is 202 Å². The van der Waals surface area contributed by atoms with Crippen LogP contribution in [-0.2, 0) is 19.7 Å². The maximum Gasteiger partial charge on any atom is 0.410 e. The molecule has 8 aliphatic rings. The maximum absolute atomic E-state index is 13.2. The highest BCUT2D eigenvalue weighted by Gasteiger charge is 2.48. The van der Waals surface area contributed by atoms with Crippen LogP contribution in [0.15, 0.2) is 147 Å². The van der Waals surface area contributed by atoms with Gasteiger partial charge in [-0.1, -0.05) is 57.8 Å². The van der Waals surface area contributed by atoms with Crippen molar-refractivity contribution in [1.29, 1.82) is 0 Å². The summed E-state index contributed by atoms with van der Waals surface area (Å²) in [5.41, 5.74) is 11.0. The number of benzene rings is 3. The monoisotopic (exact) mass is 1680 g/mol. The van der Waals surface area contributed by atoms with Gasteiger partial charge in [-0.05, 0) is 210 Å². The molecular weight excluding hydrogens is 1560 g/mol. The van der Waals surface area contributed by atoms with E-state index in [1.807, 2.05) is 116 Å². The van der Waals surface area contributed by atoms with Crippen LogP contribution >= 0.6 is 0 Å². The van der Waals surface area contributed by atoms with Crippen LogP contribution in [0.2, 0.25) is 0 Å².